The summed E-state index contributed by atoms with van der Waals surface area (Å²) in [6.45, 7) is 2.13. The molecule has 6 nitrogen and oxygen atoms in total. The summed E-state index contributed by atoms with van der Waals surface area (Å²) in [6, 6.07) is 11.2. The van der Waals surface area contributed by atoms with Crippen molar-refractivity contribution in [1.82, 2.24) is 14.7 Å². The molecule has 0 radical (unpaired) electrons. The molecule has 2 heterocycles. The lowest BCUT2D eigenvalue weighted by Gasteiger charge is -2.23. The summed E-state index contributed by atoms with van der Waals surface area (Å²) in [6.07, 6.45) is 4.89. The van der Waals surface area contributed by atoms with E-state index in [0.29, 0.717) is 11.4 Å². The first-order chi connectivity index (χ1) is 13.0. The molecule has 142 valence electrons. The number of hydrogen-bond acceptors (Lipinski definition) is 4. The molecular weight excluding hydrogens is 349 g/mol. The number of aromatic nitrogens is 2. The molecule has 1 amide bonds. The van der Waals surface area contributed by atoms with Gasteiger partial charge in [0.05, 0.1) is 6.26 Å². The van der Waals surface area contributed by atoms with Crippen molar-refractivity contribution in [3.05, 3.63) is 72.2 Å². The molecule has 1 atom stereocenters. The molecule has 0 saturated heterocycles. The topological polar surface area (TPSA) is 60.5 Å². The van der Waals surface area contributed by atoms with Gasteiger partial charge in [0.25, 0.3) is 5.91 Å². The lowest BCUT2D eigenvalue weighted by Crippen LogP contribution is -2.35. The van der Waals surface area contributed by atoms with Gasteiger partial charge in [-0.1, -0.05) is 0 Å². The van der Waals surface area contributed by atoms with Gasteiger partial charge in [0.1, 0.15) is 17.3 Å². The maximum absolute atomic E-state index is 12.9. The minimum absolute atomic E-state index is 0.0446. The molecule has 7 heteroatoms. The van der Waals surface area contributed by atoms with E-state index in [1.807, 2.05) is 19.1 Å². The lowest BCUT2D eigenvalue weighted by atomic mass is 10.1. The highest BCUT2D eigenvalue weighted by Gasteiger charge is 2.20. The number of nitrogens with zero attached hydrogens (tertiary/aromatic N) is 3. The van der Waals surface area contributed by atoms with Crippen LogP contribution in [0.3, 0.4) is 0 Å². The van der Waals surface area contributed by atoms with Crippen LogP contribution in [0.4, 0.5) is 4.39 Å². The van der Waals surface area contributed by atoms with E-state index in [9.17, 15) is 9.18 Å². The average molecular weight is 371 g/mol. The Morgan fingerprint density at radius 1 is 1.30 bits per heavy atom. The van der Waals surface area contributed by atoms with Crippen LogP contribution in [0.5, 0.6) is 5.75 Å². The molecule has 0 saturated carbocycles. The molecule has 0 fully saturated rings. The molecule has 3 rings (SSSR count). The fourth-order valence-electron chi connectivity index (χ4n) is 2.60. The van der Waals surface area contributed by atoms with Gasteiger partial charge < -0.3 is 14.1 Å². The Kier molecular flexibility index (Phi) is 5.90. The van der Waals surface area contributed by atoms with E-state index in [1.165, 1.54) is 16.8 Å². The van der Waals surface area contributed by atoms with Crippen LogP contribution >= 0.6 is 0 Å². The Morgan fingerprint density at radius 2 is 2.07 bits per heavy atom. The molecule has 3 aromatic rings. The van der Waals surface area contributed by atoms with Crippen molar-refractivity contribution in [3.8, 4) is 5.75 Å². The van der Waals surface area contributed by atoms with Gasteiger partial charge >= 0.3 is 0 Å². The minimum Gasteiger partial charge on any atom is -0.471 e. The third-order valence-corrected chi connectivity index (χ3v) is 4.41. The predicted molar refractivity (Wildman–Crippen MR) is 97.8 cm³/mol. The molecule has 0 bridgehead atoms. The number of aryl methyl sites for hydroxylation is 1. The molecule has 0 unspecified atom stereocenters. The summed E-state index contributed by atoms with van der Waals surface area (Å²) in [4.78, 5) is 14.3. The van der Waals surface area contributed by atoms with Gasteiger partial charge in [-0.05, 0) is 55.8 Å². The molecule has 1 aromatic carbocycles. The van der Waals surface area contributed by atoms with Crippen LogP contribution in [0.15, 0.2) is 59.3 Å². The third-order valence-electron chi connectivity index (χ3n) is 4.41. The van der Waals surface area contributed by atoms with Crippen molar-refractivity contribution in [3.63, 3.8) is 0 Å². The van der Waals surface area contributed by atoms with E-state index in [0.717, 1.165) is 18.6 Å². The van der Waals surface area contributed by atoms with E-state index in [1.54, 1.807) is 42.6 Å². The lowest BCUT2D eigenvalue weighted by molar-refractivity contribution is 0.0728. The zero-order valence-corrected chi connectivity index (χ0v) is 15.3. The Labute approximate surface area is 157 Å². The van der Waals surface area contributed by atoms with Crippen LogP contribution in [0.2, 0.25) is 0 Å². The molecule has 0 aliphatic carbocycles. The van der Waals surface area contributed by atoms with E-state index in [4.69, 9.17) is 9.15 Å². The van der Waals surface area contributed by atoms with Gasteiger partial charge in [0.15, 0.2) is 12.4 Å². The number of benzene rings is 1. The first kappa shape index (κ1) is 18.7. The number of furan rings is 1. The summed E-state index contributed by atoms with van der Waals surface area (Å²) in [5.41, 5.74) is 0.352. The minimum atomic E-state index is -0.321. The molecule has 0 N–H and O–H groups in total. The first-order valence-corrected chi connectivity index (χ1v) is 8.74. The van der Waals surface area contributed by atoms with Crippen molar-refractivity contribution in [1.29, 1.82) is 0 Å². The number of amides is 1. The number of carbonyl (C=O) groups is 1. The van der Waals surface area contributed by atoms with Gasteiger partial charge in [-0.15, -0.1) is 0 Å². The first-order valence-electron chi connectivity index (χ1n) is 8.74. The fourth-order valence-corrected chi connectivity index (χ4v) is 2.60. The Balaban J connectivity index is 1.52. The number of hydrogen-bond donors (Lipinski definition) is 0. The zero-order chi connectivity index (χ0) is 19.2. The van der Waals surface area contributed by atoms with Crippen molar-refractivity contribution in [2.45, 2.75) is 32.5 Å². The van der Waals surface area contributed by atoms with Crippen molar-refractivity contribution in [2.24, 2.45) is 0 Å². The standard InChI is InChI=1S/C20H22FN3O3/c1-15(5-8-17-4-3-13-26-17)23(2)20(25)19-11-12-24(22-19)14-27-18-9-6-16(21)7-10-18/h3-4,6-7,9-13,15H,5,8,14H2,1-2H3/t15-/m1/s1. The largest absolute Gasteiger partial charge is 0.471 e. The summed E-state index contributed by atoms with van der Waals surface area (Å²) in [5.74, 6) is 0.967. The number of carbonyl (C=O) groups excluding carboxylic acids is 1. The summed E-state index contributed by atoms with van der Waals surface area (Å²) in [5, 5.41) is 4.26. The normalized spacial score (nSPS) is 12.0. The van der Waals surface area contributed by atoms with E-state index in [2.05, 4.69) is 5.10 Å². The Hall–Kier alpha value is -3.09. The van der Waals surface area contributed by atoms with Crippen molar-refractivity contribution in [2.75, 3.05) is 7.05 Å². The van der Waals surface area contributed by atoms with Crippen LogP contribution in [0.1, 0.15) is 29.6 Å². The second-order valence-electron chi connectivity index (χ2n) is 6.35. The third kappa shape index (κ3) is 4.97. The summed E-state index contributed by atoms with van der Waals surface area (Å²) < 4.78 is 25.3. The van der Waals surface area contributed by atoms with Gasteiger partial charge in [-0.2, -0.15) is 5.10 Å². The summed E-state index contributed by atoms with van der Waals surface area (Å²) >= 11 is 0. The average Bonchev–Trinajstić information content (AvgIpc) is 3.36. The van der Waals surface area contributed by atoms with E-state index >= 15 is 0 Å². The molecule has 27 heavy (non-hydrogen) atoms. The zero-order valence-electron chi connectivity index (χ0n) is 15.3. The molecule has 0 aliphatic heterocycles. The fraction of sp³-hybridized carbons (Fsp3) is 0.300. The highest BCUT2D eigenvalue weighted by molar-refractivity contribution is 5.92. The summed E-state index contributed by atoms with van der Waals surface area (Å²) in [7, 11) is 1.77. The highest BCUT2D eigenvalue weighted by Crippen LogP contribution is 2.13. The van der Waals surface area contributed by atoms with Gasteiger partial charge in [0, 0.05) is 25.7 Å². The van der Waals surface area contributed by atoms with Crippen LogP contribution in [-0.4, -0.2) is 33.7 Å². The van der Waals surface area contributed by atoms with E-state index in [-0.39, 0.29) is 24.5 Å². The predicted octanol–water partition coefficient (Wildman–Crippen LogP) is 3.75. The van der Waals surface area contributed by atoms with Gasteiger partial charge in [0.2, 0.25) is 0 Å². The Morgan fingerprint density at radius 3 is 2.78 bits per heavy atom. The van der Waals surface area contributed by atoms with Crippen LogP contribution in [-0.2, 0) is 13.2 Å². The SMILES string of the molecule is C[C@H](CCc1ccco1)N(C)C(=O)c1ccn(COc2ccc(F)cc2)n1. The van der Waals surface area contributed by atoms with Crippen LogP contribution in [0.25, 0.3) is 0 Å². The monoisotopic (exact) mass is 371 g/mol. The van der Waals surface area contributed by atoms with Crippen molar-refractivity contribution >= 4 is 5.91 Å². The van der Waals surface area contributed by atoms with E-state index < -0.39 is 0 Å². The van der Waals surface area contributed by atoms with Gasteiger partial charge in [-0.25, -0.2) is 9.07 Å². The maximum atomic E-state index is 12.9. The molecule has 0 aliphatic rings. The van der Waals surface area contributed by atoms with Crippen LogP contribution < -0.4 is 4.74 Å². The van der Waals surface area contributed by atoms with Crippen molar-refractivity contribution < 1.29 is 18.3 Å². The smallest absolute Gasteiger partial charge is 0.274 e. The molecule has 0 spiro atoms. The second-order valence-corrected chi connectivity index (χ2v) is 6.35. The number of rotatable bonds is 8. The molecule has 2 aromatic heterocycles. The van der Waals surface area contributed by atoms with Crippen LogP contribution in [0, 0.1) is 5.82 Å². The van der Waals surface area contributed by atoms with Gasteiger partial charge in [-0.3, -0.25) is 4.79 Å². The maximum Gasteiger partial charge on any atom is 0.274 e. The molecular formula is C20H22FN3O3. The highest BCUT2D eigenvalue weighted by atomic mass is 19.1. The number of ether oxygens (including phenoxy) is 1. The Bertz CT molecular complexity index is 859. The quantitative estimate of drug-likeness (QED) is 0.605. The second kappa shape index (κ2) is 8.53. The number of halogens is 1.